The van der Waals surface area contributed by atoms with Gasteiger partial charge in [-0.2, -0.15) is 4.98 Å². The van der Waals surface area contributed by atoms with Gasteiger partial charge in [0.1, 0.15) is 0 Å². The van der Waals surface area contributed by atoms with Crippen LogP contribution in [-0.4, -0.2) is 14.8 Å². The fourth-order valence-corrected chi connectivity index (χ4v) is 2.89. The third-order valence-corrected chi connectivity index (χ3v) is 3.80. The first-order chi connectivity index (χ1) is 10.5. The molecule has 0 atom stereocenters. The lowest BCUT2D eigenvalue weighted by Gasteiger charge is -2.12. The van der Waals surface area contributed by atoms with Gasteiger partial charge in [-0.3, -0.25) is 0 Å². The molecule has 0 amide bonds. The number of aromatic nitrogens is 3. The van der Waals surface area contributed by atoms with E-state index < -0.39 is 0 Å². The molecular weight excluding hydrogens is 272 g/mol. The SMILES string of the molecule is Cc1ccc(-n2nc(N)nc2-c2c(C)cc(C)cc2C)cc1. The maximum Gasteiger partial charge on any atom is 0.240 e. The van der Waals surface area contributed by atoms with Crippen molar-refractivity contribution in [2.24, 2.45) is 0 Å². The van der Waals surface area contributed by atoms with Crippen LogP contribution < -0.4 is 5.73 Å². The number of hydrogen-bond acceptors (Lipinski definition) is 3. The van der Waals surface area contributed by atoms with Gasteiger partial charge in [0.25, 0.3) is 0 Å². The highest BCUT2D eigenvalue weighted by atomic mass is 15.4. The summed E-state index contributed by atoms with van der Waals surface area (Å²) < 4.78 is 1.82. The van der Waals surface area contributed by atoms with Crippen LogP contribution in [0.3, 0.4) is 0 Å². The maximum atomic E-state index is 5.87. The number of nitrogens with two attached hydrogens (primary N) is 1. The van der Waals surface area contributed by atoms with E-state index >= 15 is 0 Å². The smallest absolute Gasteiger partial charge is 0.240 e. The number of benzene rings is 2. The van der Waals surface area contributed by atoms with E-state index in [1.54, 1.807) is 0 Å². The Morgan fingerprint density at radius 1 is 0.864 bits per heavy atom. The minimum Gasteiger partial charge on any atom is -0.366 e. The summed E-state index contributed by atoms with van der Waals surface area (Å²) in [6.07, 6.45) is 0. The summed E-state index contributed by atoms with van der Waals surface area (Å²) >= 11 is 0. The fourth-order valence-electron chi connectivity index (χ4n) is 2.89. The van der Waals surface area contributed by atoms with Gasteiger partial charge in [0, 0.05) is 5.56 Å². The van der Waals surface area contributed by atoms with Crippen molar-refractivity contribution in [1.29, 1.82) is 0 Å². The first kappa shape index (κ1) is 14.3. The number of hydrogen-bond donors (Lipinski definition) is 1. The van der Waals surface area contributed by atoms with Gasteiger partial charge in [-0.25, -0.2) is 4.68 Å². The molecule has 1 aromatic heterocycles. The molecule has 0 unspecified atom stereocenters. The second-order valence-electron chi connectivity index (χ2n) is 5.81. The van der Waals surface area contributed by atoms with Gasteiger partial charge >= 0.3 is 0 Å². The second kappa shape index (κ2) is 5.30. The molecule has 0 bridgehead atoms. The van der Waals surface area contributed by atoms with Crippen molar-refractivity contribution in [3.8, 4) is 17.1 Å². The molecule has 0 spiro atoms. The Bertz CT molecular complexity index is 806. The number of rotatable bonds is 2. The normalized spacial score (nSPS) is 10.9. The average molecular weight is 292 g/mol. The van der Waals surface area contributed by atoms with Crippen molar-refractivity contribution in [1.82, 2.24) is 14.8 Å². The lowest BCUT2D eigenvalue weighted by molar-refractivity contribution is 0.889. The Labute approximate surface area is 130 Å². The molecule has 0 radical (unpaired) electrons. The molecule has 4 nitrogen and oxygen atoms in total. The predicted molar refractivity (Wildman–Crippen MR) is 90.2 cm³/mol. The lowest BCUT2D eigenvalue weighted by Crippen LogP contribution is -2.02. The Morgan fingerprint density at radius 2 is 1.45 bits per heavy atom. The summed E-state index contributed by atoms with van der Waals surface area (Å²) in [4.78, 5) is 4.46. The van der Waals surface area contributed by atoms with Crippen LogP contribution in [0, 0.1) is 27.7 Å². The second-order valence-corrected chi connectivity index (χ2v) is 5.81. The Balaban J connectivity index is 2.23. The van der Waals surface area contributed by atoms with E-state index in [9.17, 15) is 0 Å². The van der Waals surface area contributed by atoms with Crippen LogP contribution in [0.25, 0.3) is 17.1 Å². The van der Waals surface area contributed by atoms with Gasteiger partial charge in [-0.1, -0.05) is 35.4 Å². The van der Waals surface area contributed by atoms with Crippen molar-refractivity contribution >= 4 is 5.95 Å². The average Bonchev–Trinajstić information content (AvgIpc) is 2.80. The van der Waals surface area contributed by atoms with Crippen molar-refractivity contribution in [3.05, 3.63) is 58.7 Å². The Hall–Kier alpha value is -2.62. The molecule has 0 aliphatic carbocycles. The fraction of sp³-hybridized carbons (Fsp3) is 0.222. The number of nitrogen functional groups attached to an aromatic ring is 1. The van der Waals surface area contributed by atoms with Gasteiger partial charge in [-0.15, -0.1) is 5.10 Å². The molecular formula is C18H20N4. The summed E-state index contributed by atoms with van der Waals surface area (Å²) in [5.41, 5.74) is 12.7. The first-order valence-corrected chi connectivity index (χ1v) is 7.33. The van der Waals surface area contributed by atoms with Gasteiger partial charge in [0.05, 0.1) is 5.69 Å². The highest BCUT2D eigenvalue weighted by molar-refractivity contribution is 5.68. The molecule has 4 heteroatoms. The third kappa shape index (κ3) is 2.48. The van der Waals surface area contributed by atoms with E-state index in [0.29, 0.717) is 0 Å². The maximum absolute atomic E-state index is 5.87. The van der Waals surface area contributed by atoms with Crippen LogP contribution in [0.2, 0.25) is 0 Å². The molecule has 1 heterocycles. The molecule has 0 aliphatic heterocycles. The number of anilines is 1. The molecule has 0 saturated heterocycles. The highest BCUT2D eigenvalue weighted by Crippen LogP contribution is 2.29. The topological polar surface area (TPSA) is 56.7 Å². The van der Waals surface area contributed by atoms with Crippen LogP contribution in [0.5, 0.6) is 0 Å². The molecule has 22 heavy (non-hydrogen) atoms. The Kier molecular flexibility index (Phi) is 3.45. The van der Waals surface area contributed by atoms with E-state index in [2.05, 4.69) is 62.0 Å². The summed E-state index contributed by atoms with van der Waals surface area (Å²) in [5.74, 6) is 1.08. The first-order valence-electron chi connectivity index (χ1n) is 7.33. The zero-order valence-electron chi connectivity index (χ0n) is 13.4. The number of aryl methyl sites for hydroxylation is 4. The minimum absolute atomic E-state index is 0.287. The lowest BCUT2D eigenvalue weighted by atomic mass is 9.99. The monoisotopic (exact) mass is 292 g/mol. The minimum atomic E-state index is 0.287. The van der Waals surface area contributed by atoms with Crippen molar-refractivity contribution in [3.63, 3.8) is 0 Å². The predicted octanol–water partition coefficient (Wildman–Crippen LogP) is 3.75. The van der Waals surface area contributed by atoms with Crippen molar-refractivity contribution in [2.75, 3.05) is 5.73 Å². The van der Waals surface area contributed by atoms with E-state index in [4.69, 9.17) is 5.73 Å². The zero-order chi connectivity index (χ0) is 15.9. The van der Waals surface area contributed by atoms with Crippen LogP contribution in [-0.2, 0) is 0 Å². The van der Waals surface area contributed by atoms with E-state index in [-0.39, 0.29) is 5.95 Å². The van der Waals surface area contributed by atoms with E-state index in [0.717, 1.165) is 17.1 Å². The van der Waals surface area contributed by atoms with Crippen LogP contribution in [0.1, 0.15) is 22.3 Å². The molecule has 3 rings (SSSR count). The molecule has 0 fully saturated rings. The van der Waals surface area contributed by atoms with Crippen molar-refractivity contribution in [2.45, 2.75) is 27.7 Å². The summed E-state index contributed by atoms with van der Waals surface area (Å²) in [5, 5.41) is 4.37. The van der Waals surface area contributed by atoms with Crippen LogP contribution >= 0.6 is 0 Å². The van der Waals surface area contributed by atoms with Gasteiger partial charge in [0.2, 0.25) is 5.95 Å². The van der Waals surface area contributed by atoms with Crippen LogP contribution in [0.15, 0.2) is 36.4 Å². The number of nitrogens with zero attached hydrogens (tertiary/aromatic N) is 3. The van der Waals surface area contributed by atoms with E-state index in [1.807, 2.05) is 16.8 Å². The molecule has 3 aromatic rings. The molecule has 2 N–H and O–H groups in total. The quantitative estimate of drug-likeness (QED) is 0.782. The molecule has 0 saturated carbocycles. The molecule has 2 aromatic carbocycles. The largest absolute Gasteiger partial charge is 0.366 e. The Morgan fingerprint density at radius 3 is 2.05 bits per heavy atom. The van der Waals surface area contributed by atoms with Crippen LogP contribution in [0.4, 0.5) is 5.95 Å². The summed E-state index contributed by atoms with van der Waals surface area (Å²) in [7, 11) is 0. The van der Waals surface area contributed by atoms with Crippen molar-refractivity contribution < 1.29 is 0 Å². The zero-order valence-corrected chi connectivity index (χ0v) is 13.4. The summed E-state index contributed by atoms with van der Waals surface area (Å²) in [6, 6.07) is 12.5. The summed E-state index contributed by atoms with van der Waals surface area (Å²) in [6.45, 7) is 8.36. The van der Waals surface area contributed by atoms with Gasteiger partial charge in [0.15, 0.2) is 5.82 Å². The van der Waals surface area contributed by atoms with Gasteiger partial charge < -0.3 is 5.73 Å². The van der Waals surface area contributed by atoms with Gasteiger partial charge in [-0.05, 0) is 51.0 Å². The highest BCUT2D eigenvalue weighted by Gasteiger charge is 2.16. The molecule has 112 valence electrons. The third-order valence-electron chi connectivity index (χ3n) is 3.80. The van der Waals surface area contributed by atoms with E-state index in [1.165, 1.54) is 22.3 Å². The molecule has 0 aliphatic rings. The standard InChI is InChI=1S/C18H20N4/c1-11-5-7-15(8-6-11)22-17(20-18(19)21-22)16-13(3)9-12(2)10-14(16)4/h5-10H,1-4H3,(H2,19,21).